The van der Waals surface area contributed by atoms with Crippen molar-refractivity contribution in [2.24, 2.45) is 10.9 Å². The third kappa shape index (κ3) is 4.89. The lowest BCUT2D eigenvalue weighted by atomic mass is 10.1. The van der Waals surface area contributed by atoms with Crippen LogP contribution in [-0.2, 0) is 4.79 Å². The summed E-state index contributed by atoms with van der Waals surface area (Å²) in [6.07, 6.45) is 9.30. The molecule has 2 N–H and O–H groups in total. The highest BCUT2D eigenvalue weighted by Gasteiger charge is 2.32. The first-order valence-corrected chi connectivity index (χ1v) is 9.00. The molecular weight excluding hydrogens is 276 g/mol. The molecule has 0 aromatic heterocycles. The zero-order valence-corrected chi connectivity index (χ0v) is 14.2. The summed E-state index contributed by atoms with van der Waals surface area (Å²) in [4.78, 5) is 18.8. The van der Waals surface area contributed by atoms with Gasteiger partial charge in [0, 0.05) is 38.6 Å². The van der Waals surface area contributed by atoms with Crippen molar-refractivity contribution < 1.29 is 4.79 Å². The van der Waals surface area contributed by atoms with Gasteiger partial charge in [-0.05, 0) is 25.7 Å². The molecule has 1 amide bonds. The smallest absolute Gasteiger partial charge is 0.225 e. The number of unbranched alkanes of at least 4 members (excludes halogenated alkanes) is 2. The van der Waals surface area contributed by atoms with Crippen LogP contribution in [0.15, 0.2) is 4.99 Å². The van der Waals surface area contributed by atoms with E-state index in [4.69, 9.17) is 0 Å². The van der Waals surface area contributed by atoms with Gasteiger partial charge in [-0.3, -0.25) is 9.79 Å². The van der Waals surface area contributed by atoms with E-state index in [1.165, 1.54) is 32.1 Å². The van der Waals surface area contributed by atoms with Crippen LogP contribution in [0.4, 0.5) is 0 Å². The molecule has 1 saturated carbocycles. The molecule has 1 atom stereocenters. The molecule has 0 aromatic rings. The molecule has 2 rings (SSSR count). The van der Waals surface area contributed by atoms with Gasteiger partial charge in [0.15, 0.2) is 5.96 Å². The number of rotatable bonds is 6. The van der Waals surface area contributed by atoms with Crippen molar-refractivity contribution in [3.63, 3.8) is 0 Å². The van der Waals surface area contributed by atoms with Crippen LogP contribution in [-0.4, -0.2) is 49.5 Å². The van der Waals surface area contributed by atoms with Crippen LogP contribution in [0.2, 0.25) is 0 Å². The second-order valence-electron chi connectivity index (χ2n) is 6.60. The maximum absolute atomic E-state index is 12.4. The second kappa shape index (κ2) is 9.01. The summed E-state index contributed by atoms with van der Waals surface area (Å²) < 4.78 is 0. The van der Waals surface area contributed by atoms with Gasteiger partial charge < -0.3 is 15.5 Å². The third-order valence-corrected chi connectivity index (χ3v) is 4.84. The van der Waals surface area contributed by atoms with Gasteiger partial charge in [0.2, 0.25) is 5.91 Å². The maximum Gasteiger partial charge on any atom is 0.225 e. The second-order valence-corrected chi connectivity index (χ2v) is 6.60. The minimum absolute atomic E-state index is 0.297. The summed E-state index contributed by atoms with van der Waals surface area (Å²) >= 11 is 0. The monoisotopic (exact) mass is 308 g/mol. The molecule has 0 radical (unpaired) electrons. The molecule has 1 saturated heterocycles. The Labute approximate surface area is 134 Å². The van der Waals surface area contributed by atoms with Crippen molar-refractivity contribution in [1.29, 1.82) is 0 Å². The molecule has 0 aromatic carbocycles. The first-order chi connectivity index (χ1) is 10.7. The zero-order valence-electron chi connectivity index (χ0n) is 14.2. The van der Waals surface area contributed by atoms with Crippen molar-refractivity contribution in [2.75, 3.05) is 26.7 Å². The molecule has 5 heteroatoms. The summed E-state index contributed by atoms with van der Waals surface area (Å²) in [6.45, 7) is 4.89. The molecule has 2 fully saturated rings. The highest BCUT2D eigenvalue weighted by molar-refractivity contribution is 5.81. The largest absolute Gasteiger partial charge is 0.356 e. The molecule has 1 aliphatic carbocycles. The Morgan fingerprint density at radius 1 is 1.23 bits per heavy atom. The number of amides is 1. The van der Waals surface area contributed by atoms with E-state index in [9.17, 15) is 4.79 Å². The minimum atomic E-state index is 0.297. The van der Waals surface area contributed by atoms with Crippen LogP contribution in [0.3, 0.4) is 0 Å². The van der Waals surface area contributed by atoms with Gasteiger partial charge in [0.05, 0.1) is 0 Å². The predicted octanol–water partition coefficient (Wildman–Crippen LogP) is 2.13. The van der Waals surface area contributed by atoms with E-state index in [-0.39, 0.29) is 0 Å². The minimum Gasteiger partial charge on any atom is -0.356 e. The van der Waals surface area contributed by atoms with Gasteiger partial charge >= 0.3 is 0 Å². The van der Waals surface area contributed by atoms with Gasteiger partial charge in [-0.25, -0.2) is 0 Å². The number of guanidine groups is 1. The van der Waals surface area contributed by atoms with E-state index in [0.717, 1.165) is 44.9 Å². The van der Waals surface area contributed by atoms with E-state index in [1.54, 1.807) is 0 Å². The van der Waals surface area contributed by atoms with Gasteiger partial charge in [-0.2, -0.15) is 0 Å². The summed E-state index contributed by atoms with van der Waals surface area (Å²) in [5, 5.41) is 6.83. The average molecular weight is 308 g/mol. The van der Waals surface area contributed by atoms with Crippen molar-refractivity contribution in [2.45, 2.75) is 64.3 Å². The van der Waals surface area contributed by atoms with Crippen LogP contribution in [0, 0.1) is 5.92 Å². The highest BCUT2D eigenvalue weighted by Crippen LogP contribution is 2.27. The number of nitrogens with zero attached hydrogens (tertiary/aromatic N) is 2. The highest BCUT2D eigenvalue weighted by atomic mass is 16.2. The molecule has 1 aliphatic heterocycles. The van der Waals surface area contributed by atoms with E-state index in [1.807, 2.05) is 7.05 Å². The molecule has 0 spiro atoms. The summed E-state index contributed by atoms with van der Waals surface area (Å²) in [7, 11) is 1.81. The maximum atomic E-state index is 12.4. The Hall–Kier alpha value is -1.26. The fraction of sp³-hybridized carbons (Fsp3) is 0.882. The Morgan fingerprint density at radius 2 is 2.00 bits per heavy atom. The molecule has 1 heterocycles. The molecular formula is C17H32N4O. The van der Waals surface area contributed by atoms with Crippen molar-refractivity contribution in [3.8, 4) is 0 Å². The number of carbonyl (C=O) groups excluding carboxylic acids is 1. The Bertz CT molecular complexity index is 377. The normalized spacial score (nSPS) is 23.1. The average Bonchev–Trinajstić information content (AvgIpc) is 3.21. The molecule has 2 aliphatic rings. The van der Waals surface area contributed by atoms with Gasteiger partial charge in [-0.15, -0.1) is 0 Å². The topological polar surface area (TPSA) is 56.7 Å². The Morgan fingerprint density at radius 3 is 2.68 bits per heavy atom. The quantitative estimate of drug-likeness (QED) is 0.449. The lowest BCUT2D eigenvalue weighted by Crippen LogP contribution is -2.45. The van der Waals surface area contributed by atoms with E-state index in [0.29, 0.717) is 17.9 Å². The van der Waals surface area contributed by atoms with Gasteiger partial charge in [0.1, 0.15) is 0 Å². The van der Waals surface area contributed by atoms with E-state index >= 15 is 0 Å². The summed E-state index contributed by atoms with van der Waals surface area (Å²) in [6, 6.07) is 0.336. The number of likely N-dealkylation sites (tertiary alicyclic amines) is 1. The summed E-state index contributed by atoms with van der Waals surface area (Å²) in [5.41, 5.74) is 0. The van der Waals surface area contributed by atoms with Crippen molar-refractivity contribution >= 4 is 11.9 Å². The molecule has 1 unspecified atom stereocenters. The van der Waals surface area contributed by atoms with Crippen LogP contribution in [0.1, 0.15) is 58.3 Å². The number of carbonyl (C=O) groups is 1. The first-order valence-electron chi connectivity index (χ1n) is 9.00. The Balaban J connectivity index is 1.71. The molecule has 22 heavy (non-hydrogen) atoms. The van der Waals surface area contributed by atoms with Crippen LogP contribution < -0.4 is 10.6 Å². The fourth-order valence-electron chi connectivity index (χ4n) is 3.48. The fourth-order valence-corrected chi connectivity index (χ4v) is 3.48. The lowest BCUT2D eigenvalue weighted by molar-refractivity contribution is -0.134. The van der Waals surface area contributed by atoms with Crippen LogP contribution in [0.25, 0.3) is 0 Å². The molecule has 5 nitrogen and oxygen atoms in total. The lowest BCUT2D eigenvalue weighted by Gasteiger charge is -2.21. The van der Waals surface area contributed by atoms with Crippen molar-refractivity contribution in [1.82, 2.24) is 15.5 Å². The van der Waals surface area contributed by atoms with Gasteiger partial charge in [-0.1, -0.05) is 32.6 Å². The van der Waals surface area contributed by atoms with Crippen LogP contribution >= 0.6 is 0 Å². The zero-order chi connectivity index (χ0) is 15.8. The SMILES string of the molecule is CCCCCNC(=NC)NC1CCN(C(=O)C2CCCC2)C1. The number of hydrogen-bond acceptors (Lipinski definition) is 2. The third-order valence-electron chi connectivity index (χ3n) is 4.84. The molecule has 126 valence electrons. The standard InChI is InChI=1S/C17H32N4O/c1-3-4-7-11-19-17(18-2)20-15-10-12-21(13-15)16(22)14-8-5-6-9-14/h14-15H,3-13H2,1-2H3,(H2,18,19,20). The predicted molar refractivity (Wildman–Crippen MR) is 91.0 cm³/mol. The van der Waals surface area contributed by atoms with E-state index < -0.39 is 0 Å². The number of nitrogens with one attached hydrogen (secondary N) is 2. The van der Waals surface area contributed by atoms with Crippen molar-refractivity contribution in [3.05, 3.63) is 0 Å². The van der Waals surface area contributed by atoms with Gasteiger partial charge in [0.25, 0.3) is 0 Å². The van der Waals surface area contributed by atoms with Crippen LogP contribution in [0.5, 0.6) is 0 Å². The summed E-state index contributed by atoms with van der Waals surface area (Å²) in [5.74, 6) is 1.55. The Kier molecular flexibility index (Phi) is 7.00. The van der Waals surface area contributed by atoms with E-state index in [2.05, 4.69) is 27.4 Å². The molecule has 0 bridgehead atoms. The number of hydrogen-bond donors (Lipinski definition) is 2. The first kappa shape index (κ1) is 17.1. The number of aliphatic imine (C=N–C) groups is 1.